The molecule has 28 heavy (non-hydrogen) atoms. The van der Waals surface area contributed by atoms with E-state index in [1.54, 1.807) is 12.1 Å². The molecule has 0 bridgehead atoms. The normalized spacial score (nSPS) is 11.5. The largest absolute Gasteiger partial charge is 0.352 e. The molecule has 0 spiro atoms. The molecule has 1 atom stereocenters. The molecule has 0 saturated heterocycles. The third-order valence-corrected chi connectivity index (χ3v) is 4.57. The Hall–Kier alpha value is -3.40. The van der Waals surface area contributed by atoms with Crippen molar-refractivity contribution in [3.05, 3.63) is 96.1 Å². The molecule has 2 amide bonds. The van der Waals surface area contributed by atoms with Crippen molar-refractivity contribution in [3.8, 4) is 11.1 Å². The topological polar surface area (TPSA) is 58.2 Å². The van der Waals surface area contributed by atoms with E-state index in [2.05, 4.69) is 34.9 Å². The van der Waals surface area contributed by atoms with Gasteiger partial charge in [0.15, 0.2) is 0 Å². The van der Waals surface area contributed by atoms with Gasteiger partial charge in [0.05, 0.1) is 6.04 Å². The second-order valence-electron chi connectivity index (χ2n) is 6.65. The number of amides is 2. The second-order valence-corrected chi connectivity index (χ2v) is 6.65. The van der Waals surface area contributed by atoms with Gasteiger partial charge in [-0.25, -0.2) is 0 Å². The Morgan fingerprint density at radius 3 is 2.00 bits per heavy atom. The fourth-order valence-corrected chi connectivity index (χ4v) is 2.97. The van der Waals surface area contributed by atoms with E-state index in [0.717, 1.165) is 11.1 Å². The molecular weight excluding hydrogens is 348 g/mol. The highest BCUT2D eigenvalue weighted by molar-refractivity contribution is 5.94. The first-order chi connectivity index (χ1) is 13.6. The van der Waals surface area contributed by atoms with E-state index in [1.165, 1.54) is 5.56 Å². The summed E-state index contributed by atoms with van der Waals surface area (Å²) in [6, 6.07) is 27.2. The predicted molar refractivity (Wildman–Crippen MR) is 112 cm³/mol. The van der Waals surface area contributed by atoms with Crippen LogP contribution in [0.5, 0.6) is 0 Å². The molecule has 3 rings (SSSR count). The van der Waals surface area contributed by atoms with Crippen LogP contribution in [-0.4, -0.2) is 18.4 Å². The van der Waals surface area contributed by atoms with E-state index in [9.17, 15) is 9.59 Å². The van der Waals surface area contributed by atoms with Gasteiger partial charge in [0.2, 0.25) is 5.91 Å². The minimum absolute atomic E-state index is 0.0898. The van der Waals surface area contributed by atoms with Crippen LogP contribution in [0.3, 0.4) is 0 Å². The molecule has 3 aromatic rings. The first kappa shape index (κ1) is 19.4. The van der Waals surface area contributed by atoms with Gasteiger partial charge in [-0.3, -0.25) is 9.59 Å². The van der Waals surface area contributed by atoms with Crippen LogP contribution < -0.4 is 10.6 Å². The van der Waals surface area contributed by atoms with Gasteiger partial charge in [-0.1, -0.05) is 72.8 Å². The van der Waals surface area contributed by atoms with Crippen molar-refractivity contribution in [2.75, 3.05) is 6.54 Å². The summed E-state index contributed by atoms with van der Waals surface area (Å²) < 4.78 is 0. The van der Waals surface area contributed by atoms with Crippen LogP contribution in [0, 0.1) is 0 Å². The molecule has 4 heteroatoms. The zero-order valence-corrected chi connectivity index (χ0v) is 15.9. The molecule has 0 saturated carbocycles. The van der Waals surface area contributed by atoms with Gasteiger partial charge in [-0.15, -0.1) is 0 Å². The quantitative estimate of drug-likeness (QED) is 0.648. The molecule has 0 unspecified atom stereocenters. The summed E-state index contributed by atoms with van der Waals surface area (Å²) in [6.45, 7) is 2.26. The lowest BCUT2D eigenvalue weighted by Crippen LogP contribution is -2.32. The second kappa shape index (κ2) is 9.51. The van der Waals surface area contributed by atoms with Gasteiger partial charge in [0, 0.05) is 18.5 Å². The standard InChI is InChI=1S/C24H24N2O2/c1-18(19-12-14-21(15-13-19)20-8-4-2-5-9-20)26-23(27)16-17-25-24(28)22-10-6-3-7-11-22/h2-15,18H,16-17H2,1H3,(H,25,28)(H,26,27)/t18-/m0/s1. The van der Waals surface area contributed by atoms with Gasteiger partial charge in [-0.2, -0.15) is 0 Å². The molecule has 0 heterocycles. The molecule has 2 N–H and O–H groups in total. The van der Waals surface area contributed by atoms with Crippen LogP contribution in [0.25, 0.3) is 11.1 Å². The zero-order chi connectivity index (χ0) is 19.8. The molecule has 0 aromatic heterocycles. The van der Waals surface area contributed by atoms with Crippen molar-refractivity contribution < 1.29 is 9.59 Å². The van der Waals surface area contributed by atoms with Crippen LogP contribution in [0.15, 0.2) is 84.9 Å². The van der Waals surface area contributed by atoms with Gasteiger partial charge in [0.25, 0.3) is 5.91 Å². The lowest BCUT2D eigenvalue weighted by molar-refractivity contribution is -0.121. The highest BCUT2D eigenvalue weighted by Crippen LogP contribution is 2.21. The number of carbonyl (C=O) groups excluding carboxylic acids is 2. The Bertz CT molecular complexity index is 906. The van der Waals surface area contributed by atoms with E-state index < -0.39 is 0 Å². The van der Waals surface area contributed by atoms with Gasteiger partial charge >= 0.3 is 0 Å². The molecule has 0 aliphatic heterocycles. The van der Waals surface area contributed by atoms with Gasteiger partial charge in [-0.05, 0) is 35.7 Å². The highest BCUT2D eigenvalue weighted by Gasteiger charge is 2.11. The van der Waals surface area contributed by atoms with Crippen molar-refractivity contribution in [1.29, 1.82) is 0 Å². The molecule has 0 aliphatic rings. The Labute approximate surface area is 165 Å². The molecule has 0 radical (unpaired) electrons. The van der Waals surface area contributed by atoms with Crippen molar-refractivity contribution in [1.82, 2.24) is 10.6 Å². The Morgan fingerprint density at radius 2 is 1.36 bits per heavy atom. The summed E-state index contributed by atoms with van der Waals surface area (Å²) in [5.74, 6) is -0.258. The van der Waals surface area contributed by atoms with Crippen molar-refractivity contribution in [3.63, 3.8) is 0 Å². The summed E-state index contributed by atoms with van der Waals surface area (Å²) in [6.07, 6.45) is 0.241. The summed E-state index contributed by atoms with van der Waals surface area (Å²) in [4.78, 5) is 24.1. The van der Waals surface area contributed by atoms with Gasteiger partial charge < -0.3 is 10.6 Å². The number of benzene rings is 3. The van der Waals surface area contributed by atoms with Crippen LogP contribution in [0.4, 0.5) is 0 Å². The molecule has 0 fully saturated rings. The van der Waals surface area contributed by atoms with Crippen LogP contribution in [0.1, 0.15) is 35.3 Å². The number of hydrogen-bond acceptors (Lipinski definition) is 2. The van der Waals surface area contributed by atoms with Gasteiger partial charge in [0.1, 0.15) is 0 Å². The minimum atomic E-state index is -0.169. The third kappa shape index (κ3) is 5.30. The average Bonchev–Trinajstić information content (AvgIpc) is 2.75. The maximum atomic E-state index is 12.2. The van der Waals surface area contributed by atoms with Crippen LogP contribution in [0.2, 0.25) is 0 Å². The number of carbonyl (C=O) groups is 2. The first-order valence-corrected chi connectivity index (χ1v) is 9.41. The molecule has 3 aromatic carbocycles. The highest BCUT2D eigenvalue weighted by atomic mass is 16.2. The van der Waals surface area contributed by atoms with E-state index in [4.69, 9.17) is 0 Å². The van der Waals surface area contributed by atoms with Crippen molar-refractivity contribution >= 4 is 11.8 Å². The number of rotatable bonds is 7. The Morgan fingerprint density at radius 1 is 0.786 bits per heavy atom. The van der Waals surface area contributed by atoms with E-state index in [0.29, 0.717) is 12.1 Å². The maximum absolute atomic E-state index is 12.2. The monoisotopic (exact) mass is 372 g/mol. The third-order valence-electron chi connectivity index (χ3n) is 4.57. The van der Waals surface area contributed by atoms with E-state index in [-0.39, 0.29) is 24.3 Å². The fraction of sp³-hybridized carbons (Fsp3) is 0.167. The Kier molecular flexibility index (Phi) is 6.58. The van der Waals surface area contributed by atoms with E-state index in [1.807, 2.05) is 55.5 Å². The minimum Gasteiger partial charge on any atom is -0.352 e. The number of nitrogens with one attached hydrogen (secondary N) is 2. The van der Waals surface area contributed by atoms with Crippen LogP contribution in [-0.2, 0) is 4.79 Å². The van der Waals surface area contributed by atoms with Crippen molar-refractivity contribution in [2.24, 2.45) is 0 Å². The summed E-state index contributed by atoms with van der Waals surface area (Å²) in [5, 5.41) is 5.75. The SMILES string of the molecule is C[C@H](NC(=O)CCNC(=O)c1ccccc1)c1ccc(-c2ccccc2)cc1. The molecule has 4 nitrogen and oxygen atoms in total. The zero-order valence-electron chi connectivity index (χ0n) is 15.9. The summed E-state index contributed by atoms with van der Waals surface area (Å²) in [7, 11) is 0. The number of hydrogen-bond donors (Lipinski definition) is 2. The first-order valence-electron chi connectivity index (χ1n) is 9.41. The lowest BCUT2D eigenvalue weighted by atomic mass is 10.0. The lowest BCUT2D eigenvalue weighted by Gasteiger charge is -2.15. The predicted octanol–water partition coefficient (Wildman–Crippen LogP) is 4.35. The summed E-state index contributed by atoms with van der Waals surface area (Å²) >= 11 is 0. The smallest absolute Gasteiger partial charge is 0.251 e. The molecule has 142 valence electrons. The molecular formula is C24H24N2O2. The van der Waals surface area contributed by atoms with Crippen molar-refractivity contribution in [2.45, 2.75) is 19.4 Å². The molecule has 0 aliphatic carbocycles. The average molecular weight is 372 g/mol. The summed E-state index contributed by atoms with van der Waals surface area (Å²) in [5.41, 5.74) is 3.95. The Balaban J connectivity index is 1.47. The fourth-order valence-electron chi connectivity index (χ4n) is 2.97. The van der Waals surface area contributed by atoms with Crippen LogP contribution >= 0.6 is 0 Å². The maximum Gasteiger partial charge on any atom is 0.251 e. The van der Waals surface area contributed by atoms with E-state index >= 15 is 0 Å².